The largest absolute Gasteiger partial charge is 0.339 e. The van der Waals surface area contributed by atoms with Crippen LogP contribution >= 0.6 is 0 Å². The van der Waals surface area contributed by atoms with Crippen LogP contribution in [0.25, 0.3) is 21.8 Å². The molecule has 0 N–H and O–H groups in total. The Balaban J connectivity index is 1.77. The quantitative estimate of drug-likeness (QED) is 0.486. The molecule has 0 bridgehead atoms. The van der Waals surface area contributed by atoms with Crippen LogP contribution in [-0.4, -0.2) is 15.8 Å². The van der Waals surface area contributed by atoms with Crippen molar-refractivity contribution in [3.8, 4) is 0 Å². The molecular formula is C22H20N2O. The summed E-state index contributed by atoms with van der Waals surface area (Å²) < 4.78 is 2.35. The molecule has 0 radical (unpaired) electrons. The molecule has 2 heterocycles. The summed E-state index contributed by atoms with van der Waals surface area (Å²) >= 11 is 0. The van der Waals surface area contributed by atoms with Crippen molar-refractivity contribution in [2.45, 2.75) is 26.3 Å². The number of nitrogens with zero attached hydrogens (tertiary/aromatic N) is 2. The summed E-state index contributed by atoms with van der Waals surface area (Å²) in [5.74, 6) is 0. The van der Waals surface area contributed by atoms with Crippen LogP contribution in [0.3, 0.4) is 0 Å². The van der Waals surface area contributed by atoms with E-state index in [0.29, 0.717) is 5.69 Å². The normalized spacial score (nSPS) is 11.2. The van der Waals surface area contributed by atoms with Crippen molar-refractivity contribution in [1.82, 2.24) is 9.55 Å². The highest BCUT2D eigenvalue weighted by molar-refractivity contribution is 6.09. The minimum absolute atomic E-state index is 0.497. The molecule has 3 heteroatoms. The van der Waals surface area contributed by atoms with E-state index in [2.05, 4.69) is 58.1 Å². The fraction of sp³-hybridized carbons (Fsp3) is 0.182. The minimum atomic E-state index is 0.497. The van der Waals surface area contributed by atoms with E-state index in [0.717, 1.165) is 42.3 Å². The summed E-state index contributed by atoms with van der Waals surface area (Å²) in [4.78, 5) is 15.7. The lowest BCUT2D eigenvalue weighted by Crippen LogP contribution is -2.02. The minimum Gasteiger partial charge on any atom is -0.339 e. The Morgan fingerprint density at radius 3 is 2.56 bits per heavy atom. The van der Waals surface area contributed by atoms with Gasteiger partial charge in [-0.3, -0.25) is 4.79 Å². The Bertz CT molecular complexity index is 1050. The molecule has 2 aromatic carbocycles. The Morgan fingerprint density at radius 1 is 1.00 bits per heavy atom. The molecule has 0 saturated carbocycles. The van der Waals surface area contributed by atoms with Crippen molar-refractivity contribution < 1.29 is 4.79 Å². The molecule has 0 atom stereocenters. The molecule has 0 aliphatic carbocycles. The van der Waals surface area contributed by atoms with Gasteiger partial charge in [-0.05, 0) is 37.5 Å². The topological polar surface area (TPSA) is 34.9 Å². The molecule has 4 aromatic rings. The number of benzene rings is 2. The molecule has 2 aromatic heterocycles. The number of carbonyl (C=O) groups excluding carboxylic acids is 1. The van der Waals surface area contributed by atoms with Gasteiger partial charge in [-0.15, -0.1) is 0 Å². The number of pyridine rings is 1. The average molecular weight is 328 g/mol. The number of hydrogen-bond donors (Lipinski definition) is 0. The number of rotatable bonds is 5. The summed E-state index contributed by atoms with van der Waals surface area (Å²) in [5.41, 5.74) is 5.12. The monoisotopic (exact) mass is 328 g/mol. The smallest absolute Gasteiger partial charge is 0.168 e. The molecule has 124 valence electrons. The van der Waals surface area contributed by atoms with Gasteiger partial charge in [0, 0.05) is 22.8 Å². The van der Waals surface area contributed by atoms with E-state index < -0.39 is 0 Å². The van der Waals surface area contributed by atoms with Crippen molar-refractivity contribution >= 4 is 28.1 Å². The van der Waals surface area contributed by atoms with Crippen LogP contribution in [0, 0.1) is 6.92 Å². The van der Waals surface area contributed by atoms with Crippen molar-refractivity contribution in [3.05, 3.63) is 77.6 Å². The lowest BCUT2D eigenvalue weighted by molar-refractivity contribution is 0.111. The second-order valence-electron chi connectivity index (χ2n) is 6.40. The van der Waals surface area contributed by atoms with E-state index in [-0.39, 0.29) is 0 Å². The molecule has 0 saturated heterocycles. The number of aldehydes is 1. The Labute approximate surface area is 146 Å². The zero-order valence-electron chi connectivity index (χ0n) is 14.3. The third kappa shape index (κ3) is 2.82. The van der Waals surface area contributed by atoms with Crippen LogP contribution in [-0.2, 0) is 13.0 Å². The maximum Gasteiger partial charge on any atom is 0.168 e. The van der Waals surface area contributed by atoms with Crippen molar-refractivity contribution in [3.63, 3.8) is 0 Å². The summed E-state index contributed by atoms with van der Waals surface area (Å²) in [6, 6.07) is 20.9. The van der Waals surface area contributed by atoms with Gasteiger partial charge in [0.15, 0.2) is 6.29 Å². The molecule has 4 rings (SSSR count). The molecule has 3 nitrogen and oxygen atoms in total. The zero-order chi connectivity index (χ0) is 17.2. The molecular weight excluding hydrogens is 308 g/mol. The van der Waals surface area contributed by atoms with E-state index >= 15 is 0 Å². The lowest BCUT2D eigenvalue weighted by atomic mass is 10.1. The van der Waals surface area contributed by atoms with Crippen LogP contribution < -0.4 is 0 Å². The Kier molecular flexibility index (Phi) is 4.06. The second-order valence-corrected chi connectivity index (χ2v) is 6.40. The van der Waals surface area contributed by atoms with Crippen LogP contribution in [0.1, 0.15) is 28.2 Å². The predicted octanol–water partition coefficient (Wildman–Crippen LogP) is 4.94. The second kappa shape index (κ2) is 6.52. The third-order valence-corrected chi connectivity index (χ3v) is 4.75. The van der Waals surface area contributed by atoms with Crippen LogP contribution in [0.15, 0.2) is 60.7 Å². The fourth-order valence-electron chi connectivity index (χ4n) is 3.67. The number of aromatic nitrogens is 2. The first-order chi connectivity index (χ1) is 12.3. The maximum atomic E-state index is 11.2. The van der Waals surface area contributed by atoms with E-state index in [9.17, 15) is 4.79 Å². The first-order valence-electron chi connectivity index (χ1n) is 8.65. The van der Waals surface area contributed by atoms with Gasteiger partial charge in [0.25, 0.3) is 0 Å². The lowest BCUT2D eigenvalue weighted by Gasteiger charge is -2.09. The predicted molar refractivity (Wildman–Crippen MR) is 102 cm³/mol. The van der Waals surface area contributed by atoms with Gasteiger partial charge in [-0.1, -0.05) is 48.5 Å². The number of aryl methyl sites for hydroxylation is 3. The van der Waals surface area contributed by atoms with E-state index in [1.165, 1.54) is 16.5 Å². The van der Waals surface area contributed by atoms with Gasteiger partial charge in [-0.2, -0.15) is 0 Å². The molecule has 0 aliphatic heterocycles. The summed E-state index contributed by atoms with van der Waals surface area (Å²) in [7, 11) is 0. The van der Waals surface area contributed by atoms with Crippen LogP contribution in [0.4, 0.5) is 0 Å². The van der Waals surface area contributed by atoms with Gasteiger partial charge >= 0.3 is 0 Å². The van der Waals surface area contributed by atoms with Gasteiger partial charge in [0.2, 0.25) is 0 Å². The van der Waals surface area contributed by atoms with Crippen molar-refractivity contribution in [2.24, 2.45) is 0 Å². The van der Waals surface area contributed by atoms with Crippen molar-refractivity contribution in [2.75, 3.05) is 0 Å². The first-order valence-corrected chi connectivity index (χ1v) is 8.65. The summed E-state index contributed by atoms with van der Waals surface area (Å²) in [6.07, 6.45) is 2.94. The molecule has 25 heavy (non-hydrogen) atoms. The van der Waals surface area contributed by atoms with Crippen molar-refractivity contribution in [1.29, 1.82) is 0 Å². The van der Waals surface area contributed by atoms with E-state index in [4.69, 9.17) is 0 Å². The molecule has 0 unspecified atom stereocenters. The highest BCUT2D eigenvalue weighted by Gasteiger charge is 2.14. The zero-order valence-corrected chi connectivity index (χ0v) is 14.3. The number of para-hydroxylation sites is 1. The van der Waals surface area contributed by atoms with Gasteiger partial charge < -0.3 is 4.57 Å². The number of carbonyl (C=O) groups is 1. The molecule has 0 amide bonds. The fourth-order valence-corrected chi connectivity index (χ4v) is 3.67. The first kappa shape index (κ1) is 15.6. The number of hydrogen-bond acceptors (Lipinski definition) is 2. The third-order valence-electron chi connectivity index (χ3n) is 4.75. The highest BCUT2D eigenvalue weighted by atomic mass is 16.1. The van der Waals surface area contributed by atoms with E-state index in [1.54, 1.807) is 0 Å². The standard InChI is InChI=1S/C22H20N2O/c1-16-22-20(14-18(15-25)23-16)19-11-5-6-12-21(19)24(22)13-7-10-17-8-3-2-4-9-17/h2-6,8-9,11-12,14-15H,7,10,13H2,1H3. The van der Waals surface area contributed by atoms with Gasteiger partial charge in [0.1, 0.15) is 5.69 Å². The Hall–Kier alpha value is -2.94. The SMILES string of the molecule is Cc1nc(C=O)cc2c3ccccc3n(CCCc3ccccc3)c12. The molecule has 0 fully saturated rings. The van der Waals surface area contributed by atoms with Gasteiger partial charge in [-0.25, -0.2) is 4.98 Å². The molecule has 0 spiro atoms. The summed E-state index contributed by atoms with van der Waals surface area (Å²) in [6.45, 7) is 2.92. The highest BCUT2D eigenvalue weighted by Crippen LogP contribution is 2.31. The van der Waals surface area contributed by atoms with E-state index in [1.807, 2.05) is 19.1 Å². The summed E-state index contributed by atoms with van der Waals surface area (Å²) in [5, 5.41) is 2.30. The average Bonchev–Trinajstić information content (AvgIpc) is 2.97. The maximum absolute atomic E-state index is 11.2. The van der Waals surface area contributed by atoms with Gasteiger partial charge in [0.05, 0.1) is 11.2 Å². The number of fused-ring (bicyclic) bond motifs is 3. The van der Waals surface area contributed by atoms with Crippen LogP contribution in [0.5, 0.6) is 0 Å². The Morgan fingerprint density at radius 2 is 1.76 bits per heavy atom. The molecule has 0 aliphatic rings. The van der Waals surface area contributed by atoms with Crippen LogP contribution in [0.2, 0.25) is 0 Å².